The summed E-state index contributed by atoms with van der Waals surface area (Å²) >= 11 is 0. The fourth-order valence-corrected chi connectivity index (χ4v) is 2.48. The number of ether oxygens (including phenoxy) is 1. The van der Waals surface area contributed by atoms with Crippen molar-refractivity contribution in [1.82, 2.24) is 10.2 Å². The van der Waals surface area contributed by atoms with Gasteiger partial charge >= 0.3 is 5.97 Å². The predicted octanol–water partition coefficient (Wildman–Crippen LogP) is 1.40. The van der Waals surface area contributed by atoms with Crippen molar-refractivity contribution >= 4 is 5.97 Å². The molecule has 17 heavy (non-hydrogen) atoms. The van der Waals surface area contributed by atoms with Crippen LogP contribution in [0.1, 0.15) is 40.0 Å². The van der Waals surface area contributed by atoms with Crippen LogP contribution in [0.4, 0.5) is 0 Å². The molecule has 1 N–H and O–H groups in total. The Hall–Kier alpha value is -0.610. The van der Waals surface area contributed by atoms with Gasteiger partial charge in [0.05, 0.1) is 7.11 Å². The van der Waals surface area contributed by atoms with E-state index >= 15 is 0 Å². The molecular weight excluding hydrogens is 216 g/mol. The molecule has 0 aromatic rings. The van der Waals surface area contributed by atoms with E-state index < -0.39 is 5.54 Å². The topological polar surface area (TPSA) is 41.6 Å². The molecule has 0 saturated carbocycles. The number of likely N-dealkylation sites (tertiary alicyclic amines) is 1. The Labute approximate surface area is 105 Å². The number of hydrogen-bond acceptors (Lipinski definition) is 4. The summed E-state index contributed by atoms with van der Waals surface area (Å²) in [5.74, 6) is -0.162. The Morgan fingerprint density at radius 2 is 2.00 bits per heavy atom. The monoisotopic (exact) mass is 242 g/mol. The summed E-state index contributed by atoms with van der Waals surface area (Å²) in [4.78, 5) is 14.3. The lowest BCUT2D eigenvalue weighted by atomic mass is 9.96. The summed E-state index contributed by atoms with van der Waals surface area (Å²) in [5, 5.41) is 3.33. The number of esters is 1. The van der Waals surface area contributed by atoms with Gasteiger partial charge in [-0.05, 0) is 53.1 Å². The fourth-order valence-electron chi connectivity index (χ4n) is 2.48. The minimum atomic E-state index is -0.564. The van der Waals surface area contributed by atoms with Crippen molar-refractivity contribution in [3.63, 3.8) is 0 Å². The SMILES string of the molecule is COC(=O)C(C)(CCN1CCCC1)NC(C)C. The first-order valence-corrected chi connectivity index (χ1v) is 6.56. The minimum absolute atomic E-state index is 0.162. The minimum Gasteiger partial charge on any atom is -0.468 e. The number of methoxy groups -OCH3 is 1. The van der Waals surface area contributed by atoms with Gasteiger partial charge in [-0.15, -0.1) is 0 Å². The average Bonchev–Trinajstić information content (AvgIpc) is 2.77. The van der Waals surface area contributed by atoms with Crippen LogP contribution < -0.4 is 5.32 Å². The third kappa shape index (κ3) is 4.28. The first kappa shape index (κ1) is 14.5. The molecule has 0 bridgehead atoms. The third-order valence-electron chi connectivity index (χ3n) is 3.37. The van der Waals surface area contributed by atoms with Gasteiger partial charge in [0, 0.05) is 12.6 Å². The van der Waals surface area contributed by atoms with Gasteiger partial charge in [-0.2, -0.15) is 0 Å². The lowest BCUT2D eigenvalue weighted by molar-refractivity contribution is -0.148. The molecule has 0 aromatic carbocycles. The van der Waals surface area contributed by atoms with Gasteiger partial charge in [0.25, 0.3) is 0 Å². The van der Waals surface area contributed by atoms with Crippen molar-refractivity contribution in [2.24, 2.45) is 0 Å². The second-order valence-electron chi connectivity index (χ2n) is 5.42. The highest BCUT2D eigenvalue weighted by atomic mass is 16.5. The summed E-state index contributed by atoms with van der Waals surface area (Å²) in [6, 6.07) is 0.276. The fraction of sp³-hybridized carbons (Fsp3) is 0.923. The van der Waals surface area contributed by atoms with Gasteiger partial charge in [-0.3, -0.25) is 10.1 Å². The number of hydrogen-bond donors (Lipinski definition) is 1. The summed E-state index contributed by atoms with van der Waals surface area (Å²) < 4.78 is 4.91. The van der Waals surface area contributed by atoms with Crippen molar-refractivity contribution in [1.29, 1.82) is 0 Å². The maximum atomic E-state index is 11.9. The van der Waals surface area contributed by atoms with Crippen molar-refractivity contribution in [2.45, 2.75) is 51.6 Å². The largest absolute Gasteiger partial charge is 0.468 e. The molecule has 1 atom stereocenters. The molecular formula is C13H26N2O2. The van der Waals surface area contributed by atoms with Crippen LogP contribution in [-0.4, -0.2) is 49.2 Å². The molecule has 1 fully saturated rings. The maximum Gasteiger partial charge on any atom is 0.325 e. The van der Waals surface area contributed by atoms with Gasteiger partial charge in [0.15, 0.2) is 0 Å². The Balaban J connectivity index is 2.52. The van der Waals surface area contributed by atoms with Crippen LogP contribution >= 0.6 is 0 Å². The van der Waals surface area contributed by atoms with Gasteiger partial charge in [-0.25, -0.2) is 0 Å². The first-order valence-electron chi connectivity index (χ1n) is 6.56. The average molecular weight is 242 g/mol. The molecule has 1 rings (SSSR count). The Morgan fingerprint density at radius 3 is 2.47 bits per heavy atom. The molecule has 0 aromatic heterocycles. The quantitative estimate of drug-likeness (QED) is 0.715. The standard InChI is InChI=1S/C13H26N2O2/c1-11(2)14-13(3,12(16)17-4)7-10-15-8-5-6-9-15/h11,14H,5-10H2,1-4H3. The van der Waals surface area contributed by atoms with E-state index in [1.807, 2.05) is 6.92 Å². The molecule has 1 aliphatic rings. The van der Waals surface area contributed by atoms with E-state index in [1.54, 1.807) is 0 Å². The highest BCUT2D eigenvalue weighted by molar-refractivity contribution is 5.80. The second kappa shape index (κ2) is 6.36. The summed E-state index contributed by atoms with van der Waals surface area (Å²) in [6.07, 6.45) is 3.37. The Bertz CT molecular complexity index is 250. The predicted molar refractivity (Wildman–Crippen MR) is 69.0 cm³/mol. The van der Waals surface area contributed by atoms with E-state index in [0.717, 1.165) is 13.0 Å². The molecule has 4 nitrogen and oxygen atoms in total. The molecule has 1 heterocycles. The van der Waals surface area contributed by atoms with Crippen LogP contribution in [-0.2, 0) is 9.53 Å². The van der Waals surface area contributed by atoms with Gasteiger partial charge in [0.1, 0.15) is 5.54 Å². The summed E-state index contributed by atoms with van der Waals surface area (Å²) in [7, 11) is 1.46. The molecule has 4 heteroatoms. The number of nitrogens with zero attached hydrogens (tertiary/aromatic N) is 1. The van der Waals surface area contributed by atoms with E-state index in [1.165, 1.54) is 33.0 Å². The molecule has 1 saturated heterocycles. The normalized spacial score (nSPS) is 20.5. The second-order valence-corrected chi connectivity index (χ2v) is 5.42. The summed E-state index contributed by atoms with van der Waals surface area (Å²) in [5.41, 5.74) is -0.564. The lowest BCUT2D eigenvalue weighted by Gasteiger charge is -2.31. The van der Waals surface area contributed by atoms with Gasteiger partial charge in [-0.1, -0.05) is 0 Å². The summed E-state index contributed by atoms with van der Waals surface area (Å²) in [6.45, 7) is 9.34. The van der Waals surface area contributed by atoms with Crippen LogP contribution in [0.3, 0.4) is 0 Å². The van der Waals surface area contributed by atoms with E-state index in [4.69, 9.17) is 4.74 Å². The zero-order valence-corrected chi connectivity index (χ0v) is 11.6. The molecule has 0 amide bonds. The number of carbonyl (C=O) groups is 1. The smallest absolute Gasteiger partial charge is 0.325 e. The van der Waals surface area contributed by atoms with E-state index in [2.05, 4.69) is 24.1 Å². The van der Waals surface area contributed by atoms with E-state index in [9.17, 15) is 4.79 Å². The molecule has 1 aliphatic heterocycles. The van der Waals surface area contributed by atoms with Gasteiger partial charge < -0.3 is 9.64 Å². The Kier molecular flexibility index (Phi) is 5.40. The molecule has 0 spiro atoms. The third-order valence-corrected chi connectivity index (χ3v) is 3.37. The van der Waals surface area contributed by atoms with E-state index in [-0.39, 0.29) is 12.0 Å². The van der Waals surface area contributed by atoms with Crippen molar-refractivity contribution in [2.75, 3.05) is 26.7 Å². The molecule has 1 unspecified atom stereocenters. The lowest BCUT2D eigenvalue weighted by Crippen LogP contribution is -2.54. The first-order chi connectivity index (χ1) is 7.98. The zero-order chi connectivity index (χ0) is 12.9. The van der Waals surface area contributed by atoms with Crippen LogP contribution in [0.5, 0.6) is 0 Å². The number of nitrogens with one attached hydrogen (secondary N) is 1. The zero-order valence-electron chi connectivity index (χ0n) is 11.6. The highest BCUT2D eigenvalue weighted by Crippen LogP contribution is 2.16. The van der Waals surface area contributed by atoms with Crippen LogP contribution in [0.25, 0.3) is 0 Å². The molecule has 100 valence electrons. The van der Waals surface area contributed by atoms with Crippen molar-refractivity contribution in [3.8, 4) is 0 Å². The van der Waals surface area contributed by atoms with Crippen LogP contribution in [0, 0.1) is 0 Å². The number of carbonyl (C=O) groups excluding carboxylic acids is 1. The molecule has 0 radical (unpaired) electrons. The van der Waals surface area contributed by atoms with Crippen molar-refractivity contribution in [3.05, 3.63) is 0 Å². The Morgan fingerprint density at radius 1 is 1.41 bits per heavy atom. The van der Waals surface area contributed by atoms with Crippen LogP contribution in [0.2, 0.25) is 0 Å². The molecule has 0 aliphatic carbocycles. The van der Waals surface area contributed by atoms with E-state index in [0.29, 0.717) is 0 Å². The highest BCUT2D eigenvalue weighted by Gasteiger charge is 2.35. The van der Waals surface area contributed by atoms with Crippen molar-refractivity contribution < 1.29 is 9.53 Å². The maximum absolute atomic E-state index is 11.9. The van der Waals surface area contributed by atoms with Crippen LogP contribution in [0.15, 0.2) is 0 Å². The van der Waals surface area contributed by atoms with Gasteiger partial charge in [0.2, 0.25) is 0 Å². The number of rotatable bonds is 6.